The van der Waals surface area contributed by atoms with E-state index in [-0.39, 0.29) is 30.3 Å². The SMILES string of the molecule is N#CCc1ccccc1CC(=O)NCC(O)c1ccc(Cl)c(F)c1. The molecule has 0 aliphatic carbocycles. The van der Waals surface area contributed by atoms with Gasteiger partial charge in [-0.25, -0.2) is 4.39 Å². The van der Waals surface area contributed by atoms with Gasteiger partial charge in [-0.05, 0) is 28.8 Å². The number of hydrogen-bond acceptors (Lipinski definition) is 3. The van der Waals surface area contributed by atoms with Gasteiger partial charge in [-0.1, -0.05) is 41.9 Å². The molecule has 1 unspecified atom stereocenters. The maximum Gasteiger partial charge on any atom is 0.224 e. The van der Waals surface area contributed by atoms with Crippen LogP contribution in [0.5, 0.6) is 0 Å². The molecule has 6 heteroatoms. The molecule has 0 saturated carbocycles. The molecule has 0 fully saturated rings. The second-order valence-corrected chi connectivity index (χ2v) is 5.68. The highest BCUT2D eigenvalue weighted by Crippen LogP contribution is 2.20. The highest BCUT2D eigenvalue weighted by atomic mass is 35.5. The van der Waals surface area contributed by atoms with Crippen molar-refractivity contribution in [3.8, 4) is 6.07 Å². The van der Waals surface area contributed by atoms with Gasteiger partial charge in [0.05, 0.1) is 30.0 Å². The zero-order valence-electron chi connectivity index (χ0n) is 12.8. The van der Waals surface area contributed by atoms with Gasteiger partial charge in [-0.2, -0.15) is 5.26 Å². The van der Waals surface area contributed by atoms with E-state index in [1.165, 1.54) is 12.1 Å². The number of hydrogen-bond donors (Lipinski definition) is 2. The van der Waals surface area contributed by atoms with Crippen LogP contribution < -0.4 is 5.32 Å². The van der Waals surface area contributed by atoms with Crippen molar-refractivity contribution in [2.45, 2.75) is 18.9 Å². The van der Waals surface area contributed by atoms with Gasteiger partial charge >= 0.3 is 0 Å². The summed E-state index contributed by atoms with van der Waals surface area (Å²) in [6.45, 7) is -0.0413. The van der Waals surface area contributed by atoms with Gasteiger partial charge in [0.2, 0.25) is 5.91 Å². The summed E-state index contributed by atoms with van der Waals surface area (Å²) in [4.78, 5) is 12.0. The second-order valence-electron chi connectivity index (χ2n) is 5.27. The van der Waals surface area contributed by atoms with Crippen molar-refractivity contribution in [2.75, 3.05) is 6.54 Å². The standard InChI is InChI=1S/C18H16ClFN2O2/c19-15-6-5-14(9-16(15)20)17(23)11-22-18(24)10-13-4-2-1-3-12(13)7-8-21/h1-6,9,17,23H,7,10-11H2,(H,22,24). The van der Waals surface area contributed by atoms with Crippen LogP contribution in [-0.2, 0) is 17.6 Å². The summed E-state index contributed by atoms with van der Waals surface area (Å²) in [5.41, 5.74) is 1.90. The fourth-order valence-electron chi connectivity index (χ4n) is 2.27. The Kier molecular flexibility index (Phi) is 6.30. The molecule has 0 radical (unpaired) electrons. The number of carbonyl (C=O) groups excluding carboxylic acids is 1. The summed E-state index contributed by atoms with van der Waals surface area (Å²) < 4.78 is 13.4. The number of carbonyl (C=O) groups is 1. The van der Waals surface area contributed by atoms with E-state index >= 15 is 0 Å². The smallest absolute Gasteiger partial charge is 0.224 e. The number of rotatable bonds is 6. The predicted octanol–water partition coefficient (Wildman–Crippen LogP) is 2.94. The lowest BCUT2D eigenvalue weighted by molar-refractivity contribution is -0.120. The molecule has 0 aliphatic rings. The van der Waals surface area contributed by atoms with Gasteiger partial charge in [0.1, 0.15) is 5.82 Å². The Bertz CT molecular complexity index is 774. The van der Waals surface area contributed by atoms with Crippen LogP contribution in [0.2, 0.25) is 5.02 Å². The topological polar surface area (TPSA) is 73.1 Å². The van der Waals surface area contributed by atoms with Crippen LogP contribution in [0.1, 0.15) is 22.8 Å². The number of benzene rings is 2. The summed E-state index contributed by atoms with van der Waals surface area (Å²) in [6, 6.07) is 13.3. The molecule has 0 aliphatic heterocycles. The first-order valence-corrected chi connectivity index (χ1v) is 7.72. The molecular weight excluding hydrogens is 331 g/mol. The van der Waals surface area contributed by atoms with Gasteiger partial charge in [-0.15, -0.1) is 0 Å². The van der Waals surface area contributed by atoms with E-state index in [1.54, 1.807) is 18.2 Å². The number of aliphatic hydroxyl groups excluding tert-OH is 1. The van der Waals surface area contributed by atoms with E-state index < -0.39 is 11.9 Å². The highest BCUT2D eigenvalue weighted by Gasteiger charge is 2.13. The summed E-state index contributed by atoms with van der Waals surface area (Å²) in [5.74, 6) is -0.904. The van der Waals surface area contributed by atoms with Gasteiger partial charge in [0, 0.05) is 6.54 Å². The molecule has 124 valence electrons. The van der Waals surface area contributed by atoms with Gasteiger partial charge in [0.15, 0.2) is 0 Å². The Hall–Kier alpha value is -2.42. The number of amides is 1. The summed E-state index contributed by atoms with van der Waals surface area (Å²) in [6.07, 6.45) is -0.689. The van der Waals surface area contributed by atoms with Gasteiger partial charge in [0.25, 0.3) is 0 Å². The van der Waals surface area contributed by atoms with Crippen molar-refractivity contribution in [1.82, 2.24) is 5.32 Å². The minimum absolute atomic E-state index is 0.0240. The molecule has 0 heterocycles. The van der Waals surface area contributed by atoms with Crippen molar-refractivity contribution in [2.24, 2.45) is 0 Å². The molecule has 0 bridgehead atoms. The first-order chi connectivity index (χ1) is 11.5. The third-order valence-corrected chi connectivity index (χ3v) is 3.87. The van der Waals surface area contributed by atoms with E-state index in [9.17, 15) is 14.3 Å². The third-order valence-electron chi connectivity index (χ3n) is 3.56. The van der Waals surface area contributed by atoms with Crippen molar-refractivity contribution in [3.05, 3.63) is 70.0 Å². The largest absolute Gasteiger partial charge is 0.387 e. The summed E-state index contributed by atoms with van der Waals surface area (Å²) in [7, 11) is 0. The monoisotopic (exact) mass is 346 g/mol. The third kappa shape index (κ3) is 4.79. The van der Waals surface area contributed by atoms with Crippen LogP contribution in [0.4, 0.5) is 4.39 Å². The molecule has 2 rings (SSSR count). The Morgan fingerprint density at radius 2 is 2.00 bits per heavy atom. The molecule has 2 aromatic rings. The molecule has 0 saturated heterocycles. The summed E-state index contributed by atoms with van der Waals surface area (Å²) >= 11 is 5.59. The van der Waals surface area contributed by atoms with Crippen LogP contribution in [0.15, 0.2) is 42.5 Å². The minimum atomic E-state index is -1.03. The normalized spacial score (nSPS) is 11.6. The molecule has 24 heavy (non-hydrogen) atoms. The van der Waals surface area contributed by atoms with Crippen LogP contribution in [-0.4, -0.2) is 17.6 Å². The zero-order valence-corrected chi connectivity index (χ0v) is 13.6. The van der Waals surface area contributed by atoms with E-state index in [4.69, 9.17) is 16.9 Å². The number of halogens is 2. The van der Waals surface area contributed by atoms with Crippen LogP contribution >= 0.6 is 11.6 Å². The molecule has 4 nitrogen and oxygen atoms in total. The molecular formula is C18H16ClFN2O2. The Labute approximate surface area is 144 Å². The molecule has 0 spiro atoms. The average molecular weight is 347 g/mol. The molecule has 0 aromatic heterocycles. The lowest BCUT2D eigenvalue weighted by Gasteiger charge is -2.13. The predicted molar refractivity (Wildman–Crippen MR) is 88.8 cm³/mol. The lowest BCUT2D eigenvalue weighted by atomic mass is 10.0. The van der Waals surface area contributed by atoms with Crippen LogP contribution in [0.25, 0.3) is 0 Å². The molecule has 2 N–H and O–H groups in total. The second kappa shape index (κ2) is 8.44. The van der Waals surface area contributed by atoms with Gasteiger partial charge in [-0.3, -0.25) is 4.79 Å². The number of nitriles is 1. The fourth-order valence-corrected chi connectivity index (χ4v) is 2.39. The molecule has 1 amide bonds. The van der Waals surface area contributed by atoms with Crippen molar-refractivity contribution in [3.63, 3.8) is 0 Å². The van der Waals surface area contributed by atoms with Crippen molar-refractivity contribution in [1.29, 1.82) is 5.26 Å². The Morgan fingerprint density at radius 1 is 1.29 bits per heavy atom. The van der Waals surface area contributed by atoms with Crippen molar-refractivity contribution >= 4 is 17.5 Å². The Balaban J connectivity index is 1.93. The Morgan fingerprint density at radius 3 is 2.67 bits per heavy atom. The number of nitrogens with zero attached hydrogens (tertiary/aromatic N) is 1. The highest BCUT2D eigenvalue weighted by molar-refractivity contribution is 6.30. The van der Waals surface area contributed by atoms with Crippen LogP contribution in [0, 0.1) is 17.1 Å². The quantitative estimate of drug-likeness (QED) is 0.844. The first kappa shape index (κ1) is 17.9. The molecule has 1 atom stereocenters. The average Bonchev–Trinajstić information content (AvgIpc) is 2.57. The van der Waals surface area contributed by atoms with Gasteiger partial charge < -0.3 is 10.4 Å². The van der Waals surface area contributed by atoms with E-state index in [1.807, 2.05) is 6.07 Å². The lowest BCUT2D eigenvalue weighted by Crippen LogP contribution is -2.30. The maximum atomic E-state index is 13.4. The summed E-state index contributed by atoms with van der Waals surface area (Å²) in [5, 5.41) is 21.4. The molecule has 2 aromatic carbocycles. The minimum Gasteiger partial charge on any atom is -0.387 e. The zero-order chi connectivity index (χ0) is 17.5. The van der Waals surface area contributed by atoms with Crippen molar-refractivity contribution < 1.29 is 14.3 Å². The van der Waals surface area contributed by atoms with E-state index in [2.05, 4.69) is 11.4 Å². The fraction of sp³-hybridized carbons (Fsp3) is 0.222. The van der Waals surface area contributed by atoms with Crippen LogP contribution in [0.3, 0.4) is 0 Å². The number of aliphatic hydroxyl groups is 1. The number of nitrogens with one attached hydrogen (secondary N) is 1. The van der Waals surface area contributed by atoms with E-state index in [0.717, 1.165) is 17.2 Å². The first-order valence-electron chi connectivity index (χ1n) is 7.34. The maximum absolute atomic E-state index is 13.4. The van der Waals surface area contributed by atoms with E-state index in [0.29, 0.717) is 5.56 Å².